The first-order chi connectivity index (χ1) is 8.28. The van der Waals surface area contributed by atoms with E-state index in [9.17, 15) is 5.11 Å². The predicted molar refractivity (Wildman–Crippen MR) is 68.9 cm³/mol. The molecule has 1 N–H and O–H groups in total. The van der Waals surface area contributed by atoms with E-state index in [2.05, 4.69) is 4.99 Å². The topological polar surface area (TPSA) is 41.8 Å². The smallest absolute Gasteiger partial charge is 0.118 e. The molecule has 1 saturated carbocycles. The van der Waals surface area contributed by atoms with Gasteiger partial charge in [-0.05, 0) is 55.5 Å². The number of hydrogen-bond acceptors (Lipinski definition) is 3. The normalized spacial score (nSPS) is 25.1. The number of aliphatic imine (C=N–C) groups is 1. The van der Waals surface area contributed by atoms with E-state index in [0.717, 1.165) is 37.0 Å². The molecule has 1 aliphatic carbocycles. The van der Waals surface area contributed by atoms with Crippen molar-refractivity contribution < 1.29 is 9.84 Å². The highest BCUT2D eigenvalue weighted by Crippen LogP contribution is 2.21. The summed E-state index contributed by atoms with van der Waals surface area (Å²) in [4.78, 5) is 4.53. The Bertz CT molecular complexity index is 372. The van der Waals surface area contributed by atoms with Crippen LogP contribution in [0.15, 0.2) is 29.3 Å². The number of methoxy groups -OCH3 is 1. The van der Waals surface area contributed by atoms with Crippen LogP contribution in [0.25, 0.3) is 0 Å². The molecule has 0 bridgehead atoms. The van der Waals surface area contributed by atoms with Gasteiger partial charge in [0.2, 0.25) is 0 Å². The molecule has 3 heteroatoms. The van der Waals surface area contributed by atoms with Crippen LogP contribution in [-0.4, -0.2) is 30.6 Å². The lowest BCUT2D eigenvalue weighted by molar-refractivity contribution is 0.121. The number of rotatable bonds is 3. The highest BCUT2D eigenvalue weighted by atomic mass is 16.5. The minimum Gasteiger partial charge on any atom is -0.497 e. The molecule has 2 unspecified atom stereocenters. The quantitative estimate of drug-likeness (QED) is 0.815. The van der Waals surface area contributed by atoms with E-state index in [1.165, 1.54) is 0 Å². The van der Waals surface area contributed by atoms with Crippen molar-refractivity contribution in [3.63, 3.8) is 0 Å². The standard InChI is InChI=1S/C14H19NO2/c1-17-14-7-5-11(6-8-14)10-15-12-3-2-4-13(16)9-12/h5-8,10,12-13,16H,2-4,9H2,1H3. The van der Waals surface area contributed by atoms with E-state index < -0.39 is 0 Å². The van der Waals surface area contributed by atoms with Crippen molar-refractivity contribution in [3.05, 3.63) is 29.8 Å². The first-order valence-corrected chi connectivity index (χ1v) is 6.13. The minimum atomic E-state index is -0.165. The lowest BCUT2D eigenvalue weighted by Crippen LogP contribution is -2.22. The molecule has 0 saturated heterocycles. The Morgan fingerprint density at radius 3 is 2.71 bits per heavy atom. The van der Waals surface area contributed by atoms with E-state index in [-0.39, 0.29) is 12.1 Å². The van der Waals surface area contributed by atoms with Crippen LogP contribution in [0.3, 0.4) is 0 Å². The third-order valence-corrected chi connectivity index (χ3v) is 3.17. The maximum atomic E-state index is 9.55. The molecule has 0 amide bonds. The second-order valence-electron chi connectivity index (χ2n) is 4.53. The van der Waals surface area contributed by atoms with Crippen LogP contribution in [0.5, 0.6) is 5.75 Å². The number of benzene rings is 1. The summed E-state index contributed by atoms with van der Waals surface area (Å²) in [6, 6.07) is 8.11. The molecule has 0 spiro atoms. The van der Waals surface area contributed by atoms with Crippen molar-refractivity contribution in [3.8, 4) is 5.75 Å². The summed E-state index contributed by atoms with van der Waals surface area (Å²) >= 11 is 0. The second kappa shape index (κ2) is 5.82. The Morgan fingerprint density at radius 1 is 1.29 bits per heavy atom. The Kier molecular flexibility index (Phi) is 4.15. The van der Waals surface area contributed by atoms with Gasteiger partial charge in [0.15, 0.2) is 0 Å². The largest absolute Gasteiger partial charge is 0.497 e. The molecule has 0 aliphatic heterocycles. The Balaban J connectivity index is 1.94. The average Bonchev–Trinajstić information content (AvgIpc) is 2.37. The third-order valence-electron chi connectivity index (χ3n) is 3.17. The van der Waals surface area contributed by atoms with E-state index in [4.69, 9.17) is 4.74 Å². The summed E-state index contributed by atoms with van der Waals surface area (Å²) in [5, 5.41) is 9.55. The lowest BCUT2D eigenvalue weighted by atomic mass is 9.93. The van der Waals surface area contributed by atoms with Gasteiger partial charge in [0.05, 0.1) is 19.3 Å². The molecule has 2 atom stereocenters. The fraction of sp³-hybridized carbons (Fsp3) is 0.500. The molecule has 0 aromatic heterocycles. The molecular weight excluding hydrogens is 214 g/mol. The highest BCUT2D eigenvalue weighted by molar-refractivity contribution is 5.79. The van der Waals surface area contributed by atoms with Crippen LogP contribution in [0.1, 0.15) is 31.2 Å². The van der Waals surface area contributed by atoms with E-state index in [0.29, 0.717) is 0 Å². The predicted octanol–water partition coefficient (Wildman–Crippen LogP) is 2.42. The first kappa shape index (κ1) is 12.1. The van der Waals surface area contributed by atoms with Gasteiger partial charge < -0.3 is 9.84 Å². The van der Waals surface area contributed by atoms with E-state index >= 15 is 0 Å². The molecule has 1 aromatic rings. The molecule has 1 aromatic carbocycles. The molecule has 3 nitrogen and oxygen atoms in total. The van der Waals surface area contributed by atoms with Gasteiger partial charge in [-0.15, -0.1) is 0 Å². The average molecular weight is 233 g/mol. The molecule has 92 valence electrons. The lowest BCUT2D eigenvalue weighted by Gasteiger charge is -2.22. The van der Waals surface area contributed by atoms with Crippen LogP contribution < -0.4 is 4.74 Å². The Morgan fingerprint density at radius 2 is 2.06 bits per heavy atom. The van der Waals surface area contributed by atoms with Crippen molar-refractivity contribution in [1.82, 2.24) is 0 Å². The Labute approximate surface area is 102 Å². The Hall–Kier alpha value is -1.35. The summed E-state index contributed by atoms with van der Waals surface area (Å²) in [5.74, 6) is 0.857. The van der Waals surface area contributed by atoms with Crippen molar-refractivity contribution in [2.45, 2.75) is 37.8 Å². The summed E-state index contributed by atoms with van der Waals surface area (Å²) in [7, 11) is 1.66. The molecule has 17 heavy (non-hydrogen) atoms. The van der Waals surface area contributed by atoms with Gasteiger partial charge in [-0.1, -0.05) is 0 Å². The van der Waals surface area contributed by atoms with Gasteiger partial charge >= 0.3 is 0 Å². The van der Waals surface area contributed by atoms with Gasteiger partial charge in [-0.3, -0.25) is 4.99 Å². The molecule has 0 radical (unpaired) electrons. The van der Waals surface area contributed by atoms with Gasteiger partial charge in [0.1, 0.15) is 5.75 Å². The fourth-order valence-electron chi connectivity index (χ4n) is 2.16. The van der Waals surface area contributed by atoms with Crippen molar-refractivity contribution in [1.29, 1.82) is 0 Å². The van der Waals surface area contributed by atoms with Crippen LogP contribution in [0.4, 0.5) is 0 Å². The monoisotopic (exact) mass is 233 g/mol. The zero-order valence-corrected chi connectivity index (χ0v) is 10.2. The third kappa shape index (κ3) is 3.56. The van der Waals surface area contributed by atoms with Gasteiger partial charge in [0, 0.05) is 6.21 Å². The van der Waals surface area contributed by atoms with Crippen LogP contribution in [0.2, 0.25) is 0 Å². The number of ether oxygens (including phenoxy) is 1. The number of nitrogens with zero attached hydrogens (tertiary/aromatic N) is 1. The number of aliphatic hydroxyl groups excluding tert-OH is 1. The summed E-state index contributed by atoms with van der Waals surface area (Å²) in [6.07, 6.45) is 5.61. The maximum Gasteiger partial charge on any atom is 0.118 e. The van der Waals surface area contributed by atoms with Crippen molar-refractivity contribution >= 4 is 6.21 Å². The van der Waals surface area contributed by atoms with E-state index in [1.54, 1.807) is 7.11 Å². The van der Waals surface area contributed by atoms with Gasteiger partial charge in [-0.25, -0.2) is 0 Å². The summed E-state index contributed by atoms with van der Waals surface area (Å²) < 4.78 is 5.10. The molecule has 2 rings (SSSR count). The second-order valence-corrected chi connectivity index (χ2v) is 4.53. The van der Waals surface area contributed by atoms with E-state index in [1.807, 2.05) is 30.5 Å². The maximum absolute atomic E-state index is 9.55. The van der Waals surface area contributed by atoms with Crippen LogP contribution >= 0.6 is 0 Å². The van der Waals surface area contributed by atoms with Crippen molar-refractivity contribution in [2.24, 2.45) is 4.99 Å². The first-order valence-electron chi connectivity index (χ1n) is 6.13. The van der Waals surface area contributed by atoms with Crippen molar-refractivity contribution in [2.75, 3.05) is 7.11 Å². The molecular formula is C14H19NO2. The van der Waals surface area contributed by atoms with Gasteiger partial charge in [-0.2, -0.15) is 0 Å². The minimum absolute atomic E-state index is 0.165. The fourth-order valence-corrected chi connectivity index (χ4v) is 2.16. The SMILES string of the molecule is COc1ccc(C=NC2CCCC(O)C2)cc1. The van der Waals surface area contributed by atoms with Gasteiger partial charge in [0.25, 0.3) is 0 Å². The zero-order chi connectivity index (χ0) is 12.1. The zero-order valence-electron chi connectivity index (χ0n) is 10.2. The summed E-state index contributed by atoms with van der Waals surface area (Å²) in [5.41, 5.74) is 1.07. The van der Waals surface area contributed by atoms with Crippen LogP contribution in [-0.2, 0) is 0 Å². The number of hydrogen-bond donors (Lipinski definition) is 1. The number of aliphatic hydroxyl groups is 1. The highest BCUT2D eigenvalue weighted by Gasteiger charge is 2.18. The summed E-state index contributed by atoms with van der Waals surface area (Å²) in [6.45, 7) is 0. The van der Waals surface area contributed by atoms with Crippen LogP contribution in [0, 0.1) is 0 Å². The molecule has 1 aliphatic rings. The molecule has 1 fully saturated rings. The molecule has 0 heterocycles.